The second-order valence-corrected chi connectivity index (χ2v) is 5.59. The Morgan fingerprint density at radius 1 is 1.55 bits per heavy atom. The number of benzene rings is 1. The largest absolute Gasteiger partial charge is 0.345 e. The van der Waals surface area contributed by atoms with Crippen LogP contribution in [0.1, 0.15) is 31.1 Å². The SMILES string of the molecule is CC(C)C(C)(CN)NC(=O)c1ccc(Cl)cc1[N+](=O)[O-]. The Labute approximate surface area is 122 Å². The van der Waals surface area contributed by atoms with Gasteiger partial charge in [-0.2, -0.15) is 0 Å². The molecule has 110 valence electrons. The Balaban J connectivity index is 3.13. The molecule has 1 amide bonds. The molecule has 0 aromatic heterocycles. The number of nitrogens with one attached hydrogen (secondary N) is 1. The Kier molecular flexibility index (Phi) is 5.08. The summed E-state index contributed by atoms with van der Waals surface area (Å²) >= 11 is 5.72. The number of carbonyl (C=O) groups excluding carboxylic acids is 1. The number of nitro benzene ring substituents is 1. The molecule has 6 nitrogen and oxygen atoms in total. The molecule has 0 heterocycles. The van der Waals surface area contributed by atoms with Gasteiger partial charge in [0, 0.05) is 17.6 Å². The van der Waals surface area contributed by atoms with Crippen LogP contribution in [0, 0.1) is 16.0 Å². The molecule has 1 unspecified atom stereocenters. The third-order valence-electron chi connectivity index (χ3n) is 3.50. The van der Waals surface area contributed by atoms with E-state index < -0.39 is 16.4 Å². The van der Waals surface area contributed by atoms with E-state index in [0.717, 1.165) is 6.07 Å². The number of nitro groups is 1. The fourth-order valence-corrected chi connectivity index (χ4v) is 1.77. The van der Waals surface area contributed by atoms with Crippen LogP contribution in [0.15, 0.2) is 18.2 Å². The summed E-state index contributed by atoms with van der Waals surface area (Å²) in [6, 6.07) is 3.94. The summed E-state index contributed by atoms with van der Waals surface area (Å²) in [6.45, 7) is 5.88. The van der Waals surface area contributed by atoms with Crippen molar-refractivity contribution in [3.05, 3.63) is 38.9 Å². The van der Waals surface area contributed by atoms with Gasteiger partial charge < -0.3 is 11.1 Å². The van der Waals surface area contributed by atoms with Gasteiger partial charge in [-0.15, -0.1) is 0 Å². The van der Waals surface area contributed by atoms with Crippen LogP contribution in [-0.2, 0) is 0 Å². The lowest BCUT2D eigenvalue weighted by Gasteiger charge is -2.33. The molecule has 0 aliphatic heterocycles. The number of nitrogens with zero attached hydrogens (tertiary/aromatic N) is 1. The highest BCUT2D eigenvalue weighted by molar-refractivity contribution is 6.31. The zero-order valence-electron chi connectivity index (χ0n) is 11.6. The van der Waals surface area contributed by atoms with Gasteiger partial charge in [-0.25, -0.2) is 0 Å². The van der Waals surface area contributed by atoms with Crippen molar-refractivity contribution in [3.63, 3.8) is 0 Å². The minimum Gasteiger partial charge on any atom is -0.345 e. The van der Waals surface area contributed by atoms with Gasteiger partial charge in [0.2, 0.25) is 0 Å². The first-order valence-electron chi connectivity index (χ1n) is 6.18. The van der Waals surface area contributed by atoms with Crippen LogP contribution in [0.5, 0.6) is 0 Å². The summed E-state index contributed by atoms with van der Waals surface area (Å²) in [5.74, 6) is -0.446. The molecule has 3 N–H and O–H groups in total. The molecule has 1 aromatic rings. The van der Waals surface area contributed by atoms with E-state index in [0.29, 0.717) is 0 Å². The van der Waals surface area contributed by atoms with Crippen LogP contribution in [-0.4, -0.2) is 22.9 Å². The molecule has 0 saturated heterocycles. The summed E-state index contributed by atoms with van der Waals surface area (Å²) in [5.41, 5.74) is 4.70. The summed E-state index contributed by atoms with van der Waals surface area (Å²) in [5, 5.41) is 14.0. The van der Waals surface area contributed by atoms with E-state index in [2.05, 4.69) is 5.32 Å². The molecule has 1 aromatic carbocycles. The molecule has 0 radical (unpaired) electrons. The highest BCUT2D eigenvalue weighted by Crippen LogP contribution is 2.24. The molecular weight excluding hydrogens is 282 g/mol. The predicted molar refractivity (Wildman–Crippen MR) is 77.9 cm³/mol. The van der Waals surface area contributed by atoms with Gasteiger partial charge >= 0.3 is 0 Å². The van der Waals surface area contributed by atoms with Crippen molar-refractivity contribution < 1.29 is 9.72 Å². The van der Waals surface area contributed by atoms with Crippen molar-refractivity contribution in [2.24, 2.45) is 11.7 Å². The maximum Gasteiger partial charge on any atom is 0.283 e. The van der Waals surface area contributed by atoms with Crippen LogP contribution < -0.4 is 11.1 Å². The van der Waals surface area contributed by atoms with Gasteiger partial charge in [0.15, 0.2) is 0 Å². The molecule has 0 aliphatic carbocycles. The molecule has 0 saturated carbocycles. The minimum absolute atomic E-state index is 0.0280. The topological polar surface area (TPSA) is 98.3 Å². The fraction of sp³-hybridized carbons (Fsp3) is 0.462. The first-order valence-corrected chi connectivity index (χ1v) is 6.55. The van der Waals surface area contributed by atoms with E-state index in [1.807, 2.05) is 13.8 Å². The Bertz CT molecular complexity index is 534. The van der Waals surface area contributed by atoms with Crippen LogP contribution in [0.25, 0.3) is 0 Å². The average Bonchev–Trinajstić information content (AvgIpc) is 2.37. The van der Waals surface area contributed by atoms with Gasteiger partial charge in [-0.05, 0) is 25.0 Å². The van der Waals surface area contributed by atoms with Crippen molar-refractivity contribution in [2.75, 3.05) is 6.54 Å². The fourth-order valence-electron chi connectivity index (χ4n) is 1.61. The number of carbonyl (C=O) groups is 1. The normalized spacial score (nSPS) is 13.9. The van der Waals surface area contributed by atoms with Crippen molar-refractivity contribution >= 4 is 23.2 Å². The standard InChI is InChI=1S/C13H18ClN3O3/c1-8(2)13(3,7-15)16-12(18)10-5-4-9(14)6-11(10)17(19)20/h4-6,8H,7,15H2,1-3H3,(H,16,18). The lowest BCUT2D eigenvalue weighted by molar-refractivity contribution is -0.385. The first kappa shape index (κ1) is 16.4. The second-order valence-electron chi connectivity index (χ2n) is 5.15. The summed E-state index contributed by atoms with van der Waals surface area (Å²) in [7, 11) is 0. The van der Waals surface area contributed by atoms with Crippen molar-refractivity contribution in [3.8, 4) is 0 Å². The maximum absolute atomic E-state index is 12.2. The third kappa shape index (κ3) is 3.46. The van der Waals surface area contributed by atoms with E-state index >= 15 is 0 Å². The number of rotatable bonds is 5. The van der Waals surface area contributed by atoms with Crippen LogP contribution in [0.4, 0.5) is 5.69 Å². The molecule has 0 bridgehead atoms. The Morgan fingerprint density at radius 2 is 2.15 bits per heavy atom. The molecule has 1 rings (SSSR count). The van der Waals surface area contributed by atoms with Gasteiger partial charge in [0.25, 0.3) is 11.6 Å². The third-order valence-corrected chi connectivity index (χ3v) is 3.73. The quantitative estimate of drug-likeness (QED) is 0.644. The van der Waals surface area contributed by atoms with Gasteiger partial charge in [-0.1, -0.05) is 25.4 Å². The monoisotopic (exact) mass is 299 g/mol. The minimum atomic E-state index is -0.634. The van der Waals surface area contributed by atoms with E-state index in [1.54, 1.807) is 6.92 Å². The Hall–Kier alpha value is -1.66. The smallest absolute Gasteiger partial charge is 0.283 e. The number of nitrogens with two attached hydrogens (primary N) is 1. The van der Waals surface area contributed by atoms with E-state index in [1.165, 1.54) is 12.1 Å². The lowest BCUT2D eigenvalue weighted by atomic mass is 9.88. The van der Waals surface area contributed by atoms with Crippen molar-refractivity contribution in [2.45, 2.75) is 26.3 Å². The summed E-state index contributed by atoms with van der Waals surface area (Å²) in [4.78, 5) is 22.6. The van der Waals surface area contributed by atoms with Gasteiger partial charge in [0.1, 0.15) is 5.56 Å². The number of halogens is 1. The number of hydrogen-bond donors (Lipinski definition) is 2. The summed E-state index contributed by atoms with van der Waals surface area (Å²) < 4.78 is 0. The highest BCUT2D eigenvalue weighted by Gasteiger charge is 2.31. The first-order chi connectivity index (χ1) is 9.21. The second kappa shape index (κ2) is 6.19. The predicted octanol–water partition coefficient (Wildman–Crippen LogP) is 2.35. The van der Waals surface area contributed by atoms with Gasteiger partial charge in [-0.3, -0.25) is 14.9 Å². The van der Waals surface area contributed by atoms with Crippen molar-refractivity contribution in [1.29, 1.82) is 0 Å². The molecule has 7 heteroatoms. The zero-order chi connectivity index (χ0) is 15.5. The molecule has 0 aliphatic rings. The molecule has 20 heavy (non-hydrogen) atoms. The highest BCUT2D eigenvalue weighted by atomic mass is 35.5. The molecule has 1 atom stereocenters. The lowest BCUT2D eigenvalue weighted by Crippen LogP contribution is -2.55. The molecular formula is C13H18ClN3O3. The average molecular weight is 300 g/mol. The van der Waals surface area contributed by atoms with E-state index in [-0.39, 0.29) is 28.7 Å². The number of hydrogen-bond acceptors (Lipinski definition) is 4. The zero-order valence-corrected chi connectivity index (χ0v) is 12.4. The molecule has 0 spiro atoms. The van der Waals surface area contributed by atoms with E-state index in [9.17, 15) is 14.9 Å². The Morgan fingerprint density at radius 3 is 2.60 bits per heavy atom. The summed E-state index contributed by atoms with van der Waals surface area (Å²) in [6.07, 6.45) is 0. The molecule has 0 fully saturated rings. The van der Waals surface area contributed by atoms with E-state index in [4.69, 9.17) is 17.3 Å². The van der Waals surface area contributed by atoms with Crippen LogP contribution >= 0.6 is 11.6 Å². The number of amides is 1. The van der Waals surface area contributed by atoms with Crippen molar-refractivity contribution in [1.82, 2.24) is 5.32 Å². The van der Waals surface area contributed by atoms with Crippen LogP contribution in [0.2, 0.25) is 5.02 Å². The maximum atomic E-state index is 12.2. The van der Waals surface area contributed by atoms with Crippen LogP contribution in [0.3, 0.4) is 0 Å². The van der Waals surface area contributed by atoms with Gasteiger partial charge in [0.05, 0.1) is 10.5 Å².